The summed E-state index contributed by atoms with van der Waals surface area (Å²) in [5.74, 6) is 5.41. The Balaban J connectivity index is 2.77. The Labute approximate surface area is 71.6 Å². The first-order chi connectivity index (χ1) is 5.41. The lowest BCUT2D eigenvalue weighted by Gasteiger charge is -2.28. The number of hydrazone groups is 1. The zero-order valence-electron chi connectivity index (χ0n) is 7.59. The van der Waals surface area contributed by atoms with Gasteiger partial charge in [-0.15, -0.1) is 0 Å². The van der Waals surface area contributed by atoms with Crippen molar-refractivity contribution in [2.75, 3.05) is 6.54 Å². The lowest BCUT2D eigenvalue weighted by atomic mass is 9.90. The predicted octanol–water partition coefficient (Wildman–Crippen LogP) is 0.287. The SMILES string of the molecule is CC(C)(C)C1=NNC(=O)N(N)C1. The molecule has 0 aromatic rings. The third-order valence-corrected chi connectivity index (χ3v) is 1.73. The van der Waals surface area contributed by atoms with Crippen LogP contribution >= 0.6 is 0 Å². The second kappa shape index (κ2) is 2.75. The molecule has 5 heteroatoms. The Morgan fingerprint density at radius 1 is 1.58 bits per heavy atom. The molecule has 0 bridgehead atoms. The molecule has 0 saturated carbocycles. The first-order valence-electron chi connectivity index (χ1n) is 3.80. The molecule has 0 fully saturated rings. The number of amides is 2. The highest BCUT2D eigenvalue weighted by molar-refractivity contribution is 5.96. The van der Waals surface area contributed by atoms with Gasteiger partial charge < -0.3 is 0 Å². The summed E-state index contributed by atoms with van der Waals surface area (Å²) < 4.78 is 0. The molecule has 0 saturated heterocycles. The highest BCUT2D eigenvalue weighted by Gasteiger charge is 2.26. The highest BCUT2D eigenvalue weighted by Crippen LogP contribution is 2.17. The fourth-order valence-corrected chi connectivity index (χ4v) is 0.853. The molecule has 0 radical (unpaired) electrons. The molecule has 0 aromatic heterocycles. The van der Waals surface area contributed by atoms with Crippen molar-refractivity contribution >= 4 is 11.7 Å². The summed E-state index contributed by atoms with van der Waals surface area (Å²) >= 11 is 0. The topological polar surface area (TPSA) is 70.7 Å². The summed E-state index contributed by atoms with van der Waals surface area (Å²) in [5.41, 5.74) is 3.17. The van der Waals surface area contributed by atoms with E-state index in [0.29, 0.717) is 6.54 Å². The Bertz CT molecular complexity index is 228. The van der Waals surface area contributed by atoms with Crippen LogP contribution in [0.3, 0.4) is 0 Å². The Kier molecular flexibility index (Phi) is 2.06. The summed E-state index contributed by atoms with van der Waals surface area (Å²) in [6.07, 6.45) is 0. The molecule has 0 unspecified atom stereocenters. The Hall–Kier alpha value is -1.10. The number of urea groups is 1. The van der Waals surface area contributed by atoms with Crippen LogP contribution in [0, 0.1) is 5.41 Å². The van der Waals surface area contributed by atoms with E-state index in [1.165, 1.54) is 0 Å². The highest BCUT2D eigenvalue weighted by atomic mass is 16.2. The number of nitrogens with two attached hydrogens (primary N) is 1. The molecule has 0 spiro atoms. The van der Waals surface area contributed by atoms with Crippen molar-refractivity contribution in [1.29, 1.82) is 0 Å². The smallest absolute Gasteiger partial charge is 0.255 e. The number of nitrogens with one attached hydrogen (secondary N) is 1. The number of nitrogens with zero attached hydrogens (tertiary/aromatic N) is 2. The number of hydrazine groups is 1. The van der Waals surface area contributed by atoms with E-state index < -0.39 is 0 Å². The van der Waals surface area contributed by atoms with Crippen molar-refractivity contribution < 1.29 is 4.79 Å². The van der Waals surface area contributed by atoms with Crippen LogP contribution in [0.15, 0.2) is 5.10 Å². The number of hydrogen-bond acceptors (Lipinski definition) is 3. The van der Waals surface area contributed by atoms with Crippen LogP contribution in [0.5, 0.6) is 0 Å². The molecule has 3 N–H and O–H groups in total. The molecule has 12 heavy (non-hydrogen) atoms. The van der Waals surface area contributed by atoms with Gasteiger partial charge in [0.15, 0.2) is 0 Å². The van der Waals surface area contributed by atoms with Gasteiger partial charge in [0.1, 0.15) is 0 Å². The van der Waals surface area contributed by atoms with Crippen LogP contribution in [0.25, 0.3) is 0 Å². The van der Waals surface area contributed by atoms with Crippen molar-refractivity contribution in [2.45, 2.75) is 20.8 Å². The fraction of sp³-hybridized carbons (Fsp3) is 0.714. The molecule has 1 aliphatic rings. The van der Waals surface area contributed by atoms with Crippen molar-refractivity contribution in [1.82, 2.24) is 10.4 Å². The number of rotatable bonds is 0. The average molecular weight is 170 g/mol. The van der Waals surface area contributed by atoms with Gasteiger partial charge in [0, 0.05) is 5.41 Å². The van der Waals surface area contributed by atoms with Gasteiger partial charge in [-0.3, -0.25) is 5.01 Å². The van der Waals surface area contributed by atoms with Gasteiger partial charge in [-0.1, -0.05) is 20.8 Å². The molecular weight excluding hydrogens is 156 g/mol. The molecule has 68 valence electrons. The van der Waals surface area contributed by atoms with Crippen LogP contribution in [0.2, 0.25) is 0 Å². The maximum absolute atomic E-state index is 10.8. The van der Waals surface area contributed by atoms with E-state index in [1.54, 1.807) is 0 Å². The first kappa shape index (κ1) is 8.99. The van der Waals surface area contributed by atoms with Crippen LogP contribution < -0.4 is 11.3 Å². The monoisotopic (exact) mass is 170 g/mol. The first-order valence-corrected chi connectivity index (χ1v) is 3.80. The zero-order chi connectivity index (χ0) is 9.35. The fourth-order valence-electron chi connectivity index (χ4n) is 0.853. The summed E-state index contributed by atoms with van der Waals surface area (Å²) in [4.78, 5) is 10.8. The van der Waals surface area contributed by atoms with E-state index in [4.69, 9.17) is 5.84 Å². The van der Waals surface area contributed by atoms with Gasteiger partial charge in [0.2, 0.25) is 0 Å². The Morgan fingerprint density at radius 2 is 2.17 bits per heavy atom. The largest absolute Gasteiger partial charge is 0.352 e. The van der Waals surface area contributed by atoms with Crippen LogP contribution in [0.4, 0.5) is 4.79 Å². The minimum Gasteiger partial charge on any atom is -0.255 e. The minimum atomic E-state index is -0.358. The third kappa shape index (κ3) is 1.73. The number of carbonyl (C=O) groups excluding carboxylic acids is 1. The molecule has 1 aliphatic heterocycles. The van der Waals surface area contributed by atoms with Crippen molar-refractivity contribution in [3.05, 3.63) is 0 Å². The van der Waals surface area contributed by atoms with Gasteiger partial charge >= 0.3 is 6.03 Å². The third-order valence-electron chi connectivity index (χ3n) is 1.73. The molecule has 2 amide bonds. The van der Waals surface area contributed by atoms with E-state index in [2.05, 4.69) is 10.5 Å². The van der Waals surface area contributed by atoms with E-state index in [1.807, 2.05) is 20.8 Å². The minimum absolute atomic E-state index is 0.0503. The van der Waals surface area contributed by atoms with Gasteiger partial charge in [-0.05, 0) is 0 Å². The van der Waals surface area contributed by atoms with Crippen LogP contribution in [-0.4, -0.2) is 23.3 Å². The quantitative estimate of drug-likeness (QED) is 0.405. The average Bonchev–Trinajstić information content (AvgIpc) is 1.92. The van der Waals surface area contributed by atoms with Crippen molar-refractivity contribution in [3.8, 4) is 0 Å². The molecule has 0 aliphatic carbocycles. The molecule has 5 nitrogen and oxygen atoms in total. The maximum atomic E-state index is 10.8. The van der Waals surface area contributed by atoms with Gasteiger partial charge in [-0.25, -0.2) is 16.1 Å². The van der Waals surface area contributed by atoms with Crippen molar-refractivity contribution in [3.63, 3.8) is 0 Å². The number of hydrogen-bond donors (Lipinski definition) is 2. The summed E-state index contributed by atoms with van der Waals surface area (Å²) in [6, 6.07) is -0.358. The van der Waals surface area contributed by atoms with Gasteiger partial charge in [0.05, 0.1) is 12.3 Å². The molecular formula is C7H14N4O. The second-order valence-electron chi connectivity index (χ2n) is 3.85. The normalized spacial score (nSPS) is 18.8. The van der Waals surface area contributed by atoms with Gasteiger partial charge in [0.25, 0.3) is 0 Å². The summed E-state index contributed by atoms with van der Waals surface area (Å²) in [5, 5.41) is 5.05. The van der Waals surface area contributed by atoms with Gasteiger partial charge in [-0.2, -0.15) is 5.10 Å². The lowest BCUT2D eigenvalue weighted by Crippen LogP contribution is -2.52. The summed E-state index contributed by atoms with van der Waals surface area (Å²) in [6.45, 7) is 6.47. The molecule has 1 rings (SSSR count). The standard InChI is InChI=1S/C7H14N4O/c1-7(2,3)5-4-11(8)6(12)10-9-5/h4,8H2,1-3H3,(H,10,12). The van der Waals surface area contributed by atoms with Crippen LogP contribution in [0.1, 0.15) is 20.8 Å². The molecule has 0 aromatic carbocycles. The van der Waals surface area contributed by atoms with E-state index in [0.717, 1.165) is 10.7 Å². The molecule has 0 atom stereocenters. The maximum Gasteiger partial charge on any atom is 0.352 e. The molecule has 1 heterocycles. The number of carbonyl (C=O) groups is 1. The Morgan fingerprint density at radius 3 is 2.58 bits per heavy atom. The van der Waals surface area contributed by atoms with E-state index in [9.17, 15) is 4.79 Å². The van der Waals surface area contributed by atoms with E-state index in [-0.39, 0.29) is 11.4 Å². The lowest BCUT2D eigenvalue weighted by molar-refractivity contribution is 0.201. The second-order valence-corrected chi connectivity index (χ2v) is 3.85. The zero-order valence-corrected chi connectivity index (χ0v) is 7.59. The summed E-state index contributed by atoms with van der Waals surface area (Å²) in [7, 11) is 0. The van der Waals surface area contributed by atoms with Crippen LogP contribution in [-0.2, 0) is 0 Å². The van der Waals surface area contributed by atoms with E-state index >= 15 is 0 Å². The van der Waals surface area contributed by atoms with Crippen molar-refractivity contribution in [2.24, 2.45) is 16.4 Å². The predicted molar refractivity (Wildman–Crippen MR) is 46.3 cm³/mol.